The minimum absolute atomic E-state index is 0.199. The standard InChI is InChI=1S/C13H14O4/c1-16-10-5-3-4-8-6-7-9(13(15)17-2)12(14)11(8)10/h3-5,9H,6-7H2,1-2H3. The Labute approximate surface area is 99.5 Å². The lowest BCUT2D eigenvalue weighted by atomic mass is 9.82. The van der Waals surface area contributed by atoms with Gasteiger partial charge in [-0.05, 0) is 24.5 Å². The average molecular weight is 234 g/mol. The quantitative estimate of drug-likeness (QED) is 0.576. The van der Waals surface area contributed by atoms with Crippen molar-refractivity contribution < 1.29 is 19.1 Å². The number of methoxy groups -OCH3 is 2. The van der Waals surface area contributed by atoms with Crippen LogP contribution in [0.5, 0.6) is 5.75 Å². The second kappa shape index (κ2) is 4.57. The SMILES string of the molecule is COC(=O)C1CCc2cccc(OC)c2C1=O. The van der Waals surface area contributed by atoms with Gasteiger partial charge in [0.05, 0.1) is 19.8 Å². The highest BCUT2D eigenvalue weighted by Crippen LogP contribution is 2.32. The van der Waals surface area contributed by atoms with Crippen LogP contribution in [-0.4, -0.2) is 26.0 Å². The summed E-state index contributed by atoms with van der Waals surface area (Å²) in [7, 11) is 2.82. The van der Waals surface area contributed by atoms with Crippen LogP contribution in [0.4, 0.5) is 0 Å². The Balaban J connectivity index is 2.44. The Bertz CT molecular complexity index is 450. The number of aryl methyl sites for hydroxylation is 1. The van der Waals surface area contributed by atoms with E-state index in [1.165, 1.54) is 14.2 Å². The number of esters is 1. The summed E-state index contributed by atoms with van der Waals surface area (Å²) in [6, 6.07) is 5.48. The summed E-state index contributed by atoms with van der Waals surface area (Å²) >= 11 is 0. The molecule has 0 spiro atoms. The molecule has 0 bridgehead atoms. The van der Waals surface area contributed by atoms with Crippen LogP contribution >= 0.6 is 0 Å². The van der Waals surface area contributed by atoms with Gasteiger partial charge in [-0.1, -0.05) is 12.1 Å². The molecule has 1 unspecified atom stereocenters. The van der Waals surface area contributed by atoms with Crippen LogP contribution in [0.2, 0.25) is 0 Å². The molecular formula is C13H14O4. The van der Waals surface area contributed by atoms with Gasteiger partial charge in [0.15, 0.2) is 5.78 Å². The van der Waals surface area contributed by atoms with Crippen LogP contribution in [0, 0.1) is 5.92 Å². The van der Waals surface area contributed by atoms with E-state index >= 15 is 0 Å². The van der Waals surface area contributed by atoms with Crippen molar-refractivity contribution in [3.05, 3.63) is 29.3 Å². The van der Waals surface area contributed by atoms with Gasteiger partial charge in [-0.15, -0.1) is 0 Å². The fraction of sp³-hybridized carbons (Fsp3) is 0.385. The highest BCUT2D eigenvalue weighted by Gasteiger charge is 2.35. The van der Waals surface area contributed by atoms with E-state index in [0.29, 0.717) is 24.2 Å². The molecule has 1 aromatic rings. The molecular weight excluding hydrogens is 220 g/mol. The molecule has 0 aliphatic heterocycles. The number of ketones is 1. The summed E-state index contributed by atoms with van der Waals surface area (Å²) in [5, 5.41) is 0. The monoisotopic (exact) mass is 234 g/mol. The molecule has 1 aromatic carbocycles. The minimum Gasteiger partial charge on any atom is -0.496 e. The third kappa shape index (κ3) is 1.90. The number of ether oxygens (including phenoxy) is 2. The molecule has 90 valence electrons. The fourth-order valence-corrected chi connectivity index (χ4v) is 2.21. The van der Waals surface area contributed by atoms with E-state index in [1.54, 1.807) is 6.07 Å². The summed E-state index contributed by atoms with van der Waals surface area (Å²) in [5.74, 6) is -0.827. The largest absolute Gasteiger partial charge is 0.496 e. The third-order valence-corrected chi connectivity index (χ3v) is 3.08. The number of Topliss-reactive ketones (excluding diaryl/α,β-unsaturated/α-hetero) is 1. The molecule has 2 rings (SSSR count). The summed E-state index contributed by atoms with van der Waals surface area (Å²) < 4.78 is 9.82. The molecule has 0 radical (unpaired) electrons. The number of fused-ring (bicyclic) bond motifs is 1. The van der Waals surface area contributed by atoms with Crippen molar-refractivity contribution in [3.8, 4) is 5.75 Å². The van der Waals surface area contributed by atoms with E-state index in [9.17, 15) is 9.59 Å². The van der Waals surface area contributed by atoms with E-state index in [1.807, 2.05) is 12.1 Å². The zero-order valence-electron chi connectivity index (χ0n) is 9.86. The number of rotatable bonds is 2. The van der Waals surface area contributed by atoms with E-state index < -0.39 is 11.9 Å². The maximum atomic E-state index is 12.2. The van der Waals surface area contributed by atoms with Gasteiger partial charge in [0.25, 0.3) is 0 Å². The van der Waals surface area contributed by atoms with Crippen LogP contribution in [0.25, 0.3) is 0 Å². The summed E-state index contributed by atoms with van der Waals surface area (Å²) in [6.07, 6.45) is 1.20. The van der Waals surface area contributed by atoms with Crippen LogP contribution < -0.4 is 4.74 Å². The zero-order valence-corrected chi connectivity index (χ0v) is 9.86. The fourth-order valence-electron chi connectivity index (χ4n) is 2.21. The van der Waals surface area contributed by atoms with Crippen LogP contribution in [-0.2, 0) is 16.0 Å². The van der Waals surface area contributed by atoms with E-state index in [4.69, 9.17) is 4.74 Å². The van der Waals surface area contributed by atoms with Crippen molar-refractivity contribution >= 4 is 11.8 Å². The van der Waals surface area contributed by atoms with Gasteiger partial charge in [0, 0.05) is 0 Å². The van der Waals surface area contributed by atoms with E-state index in [0.717, 1.165) is 5.56 Å². The Morgan fingerprint density at radius 1 is 1.35 bits per heavy atom. The molecule has 1 atom stereocenters. The number of hydrogen-bond donors (Lipinski definition) is 0. The lowest BCUT2D eigenvalue weighted by Crippen LogP contribution is -2.30. The average Bonchev–Trinajstić information content (AvgIpc) is 2.37. The highest BCUT2D eigenvalue weighted by molar-refractivity contribution is 6.11. The van der Waals surface area contributed by atoms with Crippen molar-refractivity contribution in [2.45, 2.75) is 12.8 Å². The normalized spacial score (nSPS) is 18.5. The predicted molar refractivity (Wildman–Crippen MR) is 61.2 cm³/mol. The van der Waals surface area contributed by atoms with Crippen LogP contribution in [0.3, 0.4) is 0 Å². The molecule has 0 N–H and O–H groups in total. The zero-order chi connectivity index (χ0) is 12.4. The van der Waals surface area contributed by atoms with Gasteiger partial charge < -0.3 is 9.47 Å². The van der Waals surface area contributed by atoms with Crippen molar-refractivity contribution in [3.63, 3.8) is 0 Å². The molecule has 1 aliphatic carbocycles. The number of hydrogen-bond acceptors (Lipinski definition) is 4. The highest BCUT2D eigenvalue weighted by atomic mass is 16.5. The molecule has 1 aliphatic rings. The third-order valence-electron chi connectivity index (χ3n) is 3.08. The van der Waals surface area contributed by atoms with Crippen LogP contribution in [0.1, 0.15) is 22.3 Å². The molecule has 4 heteroatoms. The molecule has 0 aromatic heterocycles. The first kappa shape index (κ1) is 11.6. The van der Waals surface area contributed by atoms with Crippen molar-refractivity contribution in [2.24, 2.45) is 5.92 Å². The van der Waals surface area contributed by atoms with E-state index in [-0.39, 0.29) is 5.78 Å². The number of carbonyl (C=O) groups excluding carboxylic acids is 2. The smallest absolute Gasteiger partial charge is 0.316 e. The molecule has 0 saturated heterocycles. The van der Waals surface area contributed by atoms with Gasteiger partial charge in [0.1, 0.15) is 11.7 Å². The lowest BCUT2D eigenvalue weighted by Gasteiger charge is -2.22. The first-order valence-corrected chi connectivity index (χ1v) is 5.47. The summed E-state index contributed by atoms with van der Waals surface area (Å²) in [5.41, 5.74) is 1.46. The van der Waals surface area contributed by atoms with Crippen molar-refractivity contribution in [1.82, 2.24) is 0 Å². The lowest BCUT2D eigenvalue weighted by molar-refractivity contribution is -0.143. The first-order chi connectivity index (χ1) is 8.19. The van der Waals surface area contributed by atoms with Crippen molar-refractivity contribution in [2.75, 3.05) is 14.2 Å². The molecule has 0 saturated carbocycles. The van der Waals surface area contributed by atoms with Gasteiger partial charge in [-0.3, -0.25) is 9.59 Å². The maximum Gasteiger partial charge on any atom is 0.316 e. The van der Waals surface area contributed by atoms with Crippen LogP contribution in [0.15, 0.2) is 18.2 Å². The Morgan fingerprint density at radius 3 is 2.76 bits per heavy atom. The summed E-state index contributed by atoms with van der Waals surface area (Å²) in [4.78, 5) is 23.7. The number of carbonyl (C=O) groups is 2. The molecule has 0 fully saturated rings. The molecule has 4 nitrogen and oxygen atoms in total. The first-order valence-electron chi connectivity index (χ1n) is 5.47. The summed E-state index contributed by atoms with van der Waals surface area (Å²) in [6.45, 7) is 0. The second-order valence-electron chi connectivity index (χ2n) is 3.97. The molecule has 17 heavy (non-hydrogen) atoms. The van der Waals surface area contributed by atoms with Crippen molar-refractivity contribution in [1.29, 1.82) is 0 Å². The molecule has 0 heterocycles. The van der Waals surface area contributed by atoms with Gasteiger partial charge >= 0.3 is 5.97 Å². The van der Waals surface area contributed by atoms with Gasteiger partial charge in [0.2, 0.25) is 0 Å². The predicted octanol–water partition coefficient (Wildman–Crippen LogP) is 1.61. The van der Waals surface area contributed by atoms with Gasteiger partial charge in [-0.2, -0.15) is 0 Å². The molecule has 0 amide bonds. The Hall–Kier alpha value is -1.84. The minimum atomic E-state index is -0.691. The number of benzene rings is 1. The topological polar surface area (TPSA) is 52.6 Å². The Kier molecular flexibility index (Phi) is 3.13. The van der Waals surface area contributed by atoms with Gasteiger partial charge in [-0.25, -0.2) is 0 Å². The Morgan fingerprint density at radius 2 is 2.12 bits per heavy atom. The maximum absolute atomic E-state index is 12.2. The van der Waals surface area contributed by atoms with E-state index in [2.05, 4.69) is 4.74 Å². The second-order valence-corrected chi connectivity index (χ2v) is 3.97.